The maximum Gasteiger partial charge on any atom is 0.435 e. The van der Waals surface area contributed by atoms with E-state index in [9.17, 15) is 13.2 Å². The summed E-state index contributed by atoms with van der Waals surface area (Å²) in [6.07, 6.45) is 10.6. The van der Waals surface area contributed by atoms with Crippen molar-refractivity contribution in [2.75, 3.05) is 0 Å². The fourth-order valence-corrected chi connectivity index (χ4v) is 5.36. The molecule has 0 spiro atoms. The van der Waals surface area contributed by atoms with Crippen molar-refractivity contribution in [1.82, 2.24) is 19.2 Å². The molecule has 6 rings (SSSR count). The molecule has 0 amide bonds. The summed E-state index contributed by atoms with van der Waals surface area (Å²) in [4.78, 5) is 4.22. The lowest BCUT2D eigenvalue weighted by Gasteiger charge is -2.41. The molecule has 0 aliphatic heterocycles. The molecule has 1 atom stereocenters. The van der Waals surface area contributed by atoms with E-state index >= 15 is 0 Å². The third-order valence-corrected chi connectivity index (χ3v) is 6.99. The number of alkyl halides is 3. The van der Waals surface area contributed by atoms with Crippen molar-refractivity contribution in [3.8, 4) is 11.1 Å². The van der Waals surface area contributed by atoms with E-state index in [4.69, 9.17) is 0 Å². The van der Waals surface area contributed by atoms with Crippen LogP contribution in [-0.2, 0) is 11.7 Å². The van der Waals surface area contributed by atoms with Crippen LogP contribution in [0.25, 0.3) is 16.8 Å². The van der Waals surface area contributed by atoms with Gasteiger partial charge in [0.15, 0.2) is 5.69 Å². The molecule has 184 valence electrons. The number of allylic oxidation sites excluding steroid dienone is 4. The van der Waals surface area contributed by atoms with Crippen LogP contribution in [0.2, 0.25) is 0 Å². The number of nitrogens with zero attached hydrogens (tertiary/aromatic N) is 4. The molecule has 4 nitrogen and oxygen atoms in total. The smallest absolute Gasteiger partial charge is 0.306 e. The van der Waals surface area contributed by atoms with Gasteiger partial charge in [-0.05, 0) is 29.7 Å². The van der Waals surface area contributed by atoms with E-state index in [1.807, 2.05) is 78.9 Å². The summed E-state index contributed by atoms with van der Waals surface area (Å²) < 4.78 is 46.8. The first-order valence-corrected chi connectivity index (χ1v) is 12.0. The zero-order valence-corrected chi connectivity index (χ0v) is 19.8. The molecule has 0 fully saturated rings. The monoisotopic (exact) mass is 496 g/mol. The van der Waals surface area contributed by atoms with Gasteiger partial charge in [-0.25, -0.2) is 4.98 Å². The number of imidazole rings is 1. The Morgan fingerprint density at radius 3 is 2.14 bits per heavy atom. The largest absolute Gasteiger partial charge is 0.435 e. The van der Waals surface area contributed by atoms with Gasteiger partial charge in [0.25, 0.3) is 0 Å². The van der Waals surface area contributed by atoms with E-state index in [-0.39, 0.29) is 11.5 Å². The highest BCUT2D eigenvalue weighted by Crippen LogP contribution is 2.46. The first kappa shape index (κ1) is 23.0. The second-order valence-electron chi connectivity index (χ2n) is 9.10. The van der Waals surface area contributed by atoms with Gasteiger partial charge in [0.05, 0.1) is 0 Å². The first-order valence-electron chi connectivity index (χ1n) is 12.0. The third kappa shape index (κ3) is 3.87. The van der Waals surface area contributed by atoms with Crippen molar-refractivity contribution in [1.29, 1.82) is 0 Å². The summed E-state index contributed by atoms with van der Waals surface area (Å²) >= 11 is 0. The van der Waals surface area contributed by atoms with Gasteiger partial charge in [-0.1, -0.05) is 85.0 Å². The molecule has 1 unspecified atom stereocenters. The van der Waals surface area contributed by atoms with Crippen LogP contribution in [0.15, 0.2) is 122 Å². The number of hydrogen-bond donors (Lipinski definition) is 0. The molecule has 7 heteroatoms. The highest BCUT2D eigenvalue weighted by Gasteiger charge is 2.46. The molecule has 0 saturated carbocycles. The second kappa shape index (κ2) is 8.92. The summed E-state index contributed by atoms with van der Waals surface area (Å²) in [6.45, 7) is 0. The van der Waals surface area contributed by atoms with Crippen molar-refractivity contribution in [3.63, 3.8) is 0 Å². The summed E-state index contributed by atoms with van der Waals surface area (Å²) in [6, 6.07) is 22.7. The first-order chi connectivity index (χ1) is 18.0. The van der Waals surface area contributed by atoms with Crippen LogP contribution in [0.1, 0.15) is 23.2 Å². The predicted octanol–water partition coefficient (Wildman–Crippen LogP) is 7.14. The SMILES string of the molecule is FC(F)(F)c1nn(C(c2ccccc2)(c2ccccc2)C2C=CC=CC2)cc1-c1ccc2nccn2c1. The van der Waals surface area contributed by atoms with Crippen molar-refractivity contribution in [2.24, 2.45) is 5.92 Å². The minimum atomic E-state index is -4.65. The molecule has 2 aromatic carbocycles. The highest BCUT2D eigenvalue weighted by molar-refractivity contribution is 5.67. The quantitative estimate of drug-likeness (QED) is 0.259. The van der Waals surface area contributed by atoms with Crippen LogP contribution >= 0.6 is 0 Å². The molecular formula is C30H23F3N4. The van der Waals surface area contributed by atoms with E-state index < -0.39 is 17.4 Å². The van der Waals surface area contributed by atoms with Gasteiger partial charge in [0, 0.05) is 41.8 Å². The Bertz CT molecular complexity index is 1550. The zero-order valence-electron chi connectivity index (χ0n) is 19.8. The Morgan fingerprint density at radius 2 is 1.51 bits per heavy atom. The predicted molar refractivity (Wildman–Crippen MR) is 137 cm³/mol. The molecule has 0 N–H and O–H groups in total. The lowest BCUT2D eigenvalue weighted by molar-refractivity contribution is -0.141. The lowest BCUT2D eigenvalue weighted by Crippen LogP contribution is -2.43. The average molecular weight is 497 g/mol. The lowest BCUT2D eigenvalue weighted by atomic mass is 9.70. The fourth-order valence-electron chi connectivity index (χ4n) is 5.36. The second-order valence-corrected chi connectivity index (χ2v) is 9.10. The number of benzene rings is 2. The number of fused-ring (bicyclic) bond motifs is 1. The maximum absolute atomic E-state index is 14.5. The molecule has 1 aliphatic carbocycles. The number of aromatic nitrogens is 4. The minimum absolute atomic E-state index is 0.0228. The Hall–Kier alpha value is -4.39. The molecular weight excluding hydrogens is 473 g/mol. The summed E-state index contributed by atoms with van der Waals surface area (Å²) in [5.74, 6) is -0.174. The van der Waals surface area contributed by atoms with Gasteiger partial charge in [-0.2, -0.15) is 18.3 Å². The Morgan fingerprint density at radius 1 is 0.811 bits per heavy atom. The number of halogens is 3. The van der Waals surface area contributed by atoms with E-state index in [2.05, 4.69) is 16.2 Å². The Balaban J connectivity index is 1.67. The topological polar surface area (TPSA) is 35.1 Å². The van der Waals surface area contributed by atoms with Crippen molar-refractivity contribution in [3.05, 3.63) is 139 Å². The van der Waals surface area contributed by atoms with Gasteiger partial charge in [0.1, 0.15) is 11.2 Å². The highest BCUT2D eigenvalue weighted by atomic mass is 19.4. The Kier molecular flexibility index (Phi) is 5.56. The van der Waals surface area contributed by atoms with Crippen LogP contribution in [0.5, 0.6) is 0 Å². The van der Waals surface area contributed by atoms with Crippen LogP contribution in [-0.4, -0.2) is 19.2 Å². The van der Waals surface area contributed by atoms with Crippen LogP contribution in [0.3, 0.4) is 0 Å². The number of pyridine rings is 1. The van der Waals surface area contributed by atoms with Gasteiger partial charge in [0.2, 0.25) is 0 Å². The van der Waals surface area contributed by atoms with Crippen LogP contribution in [0, 0.1) is 5.92 Å². The standard InChI is InChI=1S/C30H23F3N4/c31-30(32,33)28-26(22-16-17-27-34-18-19-36(27)20-22)21-37(35-28)29(23-10-4-1-5-11-23,24-12-6-2-7-13-24)25-14-8-3-9-15-25/h1-14,16-21,25H,15H2. The molecule has 5 aromatic rings. The normalized spacial score (nSPS) is 15.9. The maximum atomic E-state index is 14.5. The molecule has 0 saturated heterocycles. The van der Waals surface area contributed by atoms with E-state index in [0.717, 1.165) is 11.1 Å². The molecule has 0 radical (unpaired) electrons. The molecule has 3 heterocycles. The number of rotatable bonds is 5. The van der Waals surface area contributed by atoms with Gasteiger partial charge in [-0.15, -0.1) is 0 Å². The third-order valence-electron chi connectivity index (χ3n) is 6.99. The zero-order chi connectivity index (χ0) is 25.5. The van der Waals surface area contributed by atoms with Crippen molar-refractivity contribution < 1.29 is 13.2 Å². The molecule has 37 heavy (non-hydrogen) atoms. The molecule has 1 aliphatic rings. The summed E-state index contributed by atoms with van der Waals surface area (Å²) in [5, 5.41) is 4.33. The van der Waals surface area contributed by atoms with Crippen molar-refractivity contribution >= 4 is 5.65 Å². The Labute approximate surface area is 212 Å². The van der Waals surface area contributed by atoms with Crippen LogP contribution in [0.4, 0.5) is 13.2 Å². The molecule has 0 bridgehead atoms. The number of hydrogen-bond acceptors (Lipinski definition) is 2. The van der Waals surface area contributed by atoms with E-state index in [1.54, 1.807) is 41.3 Å². The van der Waals surface area contributed by atoms with E-state index in [1.165, 1.54) is 4.68 Å². The van der Waals surface area contributed by atoms with Crippen molar-refractivity contribution in [2.45, 2.75) is 18.1 Å². The fraction of sp³-hybridized carbons (Fsp3) is 0.133. The minimum Gasteiger partial charge on any atom is -0.306 e. The van der Waals surface area contributed by atoms with Gasteiger partial charge >= 0.3 is 6.18 Å². The summed E-state index contributed by atoms with van der Waals surface area (Å²) in [7, 11) is 0. The van der Waals surface area contributed by atoms with E-state index in [0.29, 0.717) is 17.6 Å². The van der Waals surface area contributed by atoms with Gasteiger partial charge in [-0.3, -0.25) is 4.68 Å². The van der Waals surface area contributed by atoms with Crippen LogP contribution < -0.4 is 0 Å². The summed E-state index contributed by atoms with van der Waals surface area (Å²) in [5.41, 5.74) is 0.886. The van der Waals surface area contributed by atoms with Gasteiger partial charge < -0.3 is 4.40 Å². The molecule has 3 aromatic heterocycles. The average Bonchev–Trinajstić information content (AvgIpc) is 3.59.